The molecule has 29 heavy (non-hydrogen) atoms. The van der Waals surface area contributed by atoms with E-state index < -0.39 is 28.3 Å². The third-order valence-electron chi connectivity index (χ3n) is 4.60. The van der Waals surface area contributed by atoms with Crippen LogP contribution in [0.4, 0.5) is 0 Å². The minimum absolute atomic E-state index is 0. The molecule has 9 heteroatoms. The molecule has 7 nitrogen and oxygen atoms in total. The summed E-state index contributed by atoms with van der Waals surface area (Å²) in [6.45, 7) is 4.57. The summed E-state index contributed by atoms with van der Waals surface area (Å²) < 4.78 is 39.5. The van der Waals surface area contributed by atoms with E-state index in [1.165, 1.54) is 19.3 Å². The minimum Gasteiger partial charge on any atom is -1.00 e. The van der Waals surface area contributed by atoms with Crippen LogP contribution in [0.3, 0.4) is 0 Å². The predicted octanol–water partition coefficient (Wildman–Crippen LogP) is 2.11. The zero-order valence-electron chi connectivity index (χ0n) is 19.5. The molecule has 0 spiro atoms. The largest absolute Gasteiger partial charge is 1.00 e. The van der Waals surface area contributed by atoms with Crippen LogP contribution in [-0.2, 0) is 28.9 Å². The molecule has 0 aromatic rings. The Bertz CT molecular complexity index is 529. The molecule has 0 amide bonds. The Morgan fingerprint density at radius 2 is 1.34 bits per heavy atom. The van der Waals surface area contributed by atoms with E-state index in [0.29, 0.717) is 19.4 Å². The average molecular weight is 447 g/mol. The monoisotopic (exact) mass is 446 g/mol. The molecule has 0 fully saturated rings. The minimum atomic E-state index is -4.88. The van der Waals surface area contributed by atoms with Gasteiger partial charge in [0.25, 0.3) is 0 Å². The molecule has 0 aliphatic rings. The number of rotatable bonds is 18. The van der Waals surface area contributed by atoms with Gasteiger partial charge in [-0.3, -0.25) is 14.1 Å². The molecule has 0 aliphatic carbocycles. The van der Waals surface area contributed by atoms with Gasteiger partial charge < -0.3 is 10.3 Å². The van der Waals surface area contributed by atoms with Crippen LogP contribution >= 0.6 is 0 Å². The van der Waals surface area contributed by atoms with Crippen molar-refractivity contribution in [2.75, 3.05) is 6.61 Å². The number of carbonyl (C=O) groups excluding carboxylic acids is 2. The molecular formula is C20H39NaO7S. The van der Waals surface area contributed by atoms with Crippen LogP contribution in [-0.4, -0.2) is 31.5 Å². The summed E-state index contributed by atoms with van der Waals surface area (Å²) in [5.74, 6) is -2.57. The molecule has 0 saturated carbocycles. The van der Waals surface area contributed by atoms with Gasteiger partial charge in [-0.2, -0.15) is 8.42 Å². The topological polar surface area (TPSA) is 107 Å². The van der Waals surface area contributed by atoms with Crippen LogP contribution in [0, 0.1) is 5.92 Å². The van der Waals surface area contributed by atoms with Crippen molar-refractivity contribution < 1.29 is 62.5 Å². The maximum absolute atomic E-state index is 12.0. The van der Waals surface area contributed by atoms with Gasteiger partial charge in [-0.05, 0) is 12.8 Å². The van der Waals surface area contributed by atoms with Crippen molar-refractivity contribution in [2.24, 2.45) is 5.92 Å². The second-order valence-corrected chi connectivity index (χ2v) is 8.30. The van der Waals surface area contributed by atoms with Crippen molar-refractivity contribution in [3.05, 3.63) is 0 Å². The van der Waals surface area contributed by atoms with Crippen molar-refractivity contribution in [3.63, 3.8) is 0 Å². The number of hydrogen-bond acceptors (Lipinski definition) is 6. The van der Waals surface area contributed by atoms with Crippen LogP contribution in [0.15, 0.2) is 0 Å². The smallest absolute Gasteiger partial charge is 1.00 e. The van der Waals surface area contributed by atoms with E-state index in [1.54, 1.807) is 0 Å². The fraction of sp³-hybridized carbons (Fsp3) is 0.900. The fourth-order valence-corrected chi connectivity index (χ4v) is 3.32. The summed E-state index contributed by atoms with van der Waals surface area (Å²) in [5.41, 5.74) is 0. The molecule has 0 aliphatic heterocycles. The SMILES string of the molecule is CCCCCCCCOC(=O)CC(CCCCCCCC)C(=O)OS(=O)(=O)O.[H-].[Na+]. The van der Waals surface area contributed by atoms with Crippen molar-refractivity contribution in [2.45, 2.75) is 104 Å². The van der Waals surface area contributed by atoms with Crippen LogP contribution in [0.5, 0.6) is 0 Å². The van der Waals surface area contributed by atoms with Crippen molar-refractivity contribution >= 4 is 22.3 Å². The first kappa shape index (κ1) is 31.0. The summed E-state index contributed by atoms with van der Waals surface area (Å²) in [6.07, 6.45) is 12.5. The molecule has 0 rings (SSSR count). The zero-order chi connectivity index (χ0) is 21.3. The van der Waals surface area contributed by atoms with E-state index in [9.17, 15) is 18.0 Å². The summed E-state index contributed by atoms with van der Waals surface area (Å²) in [4.78, 5) is 24.0. The maximum Gasteiger partial charge on any atom is 1.00 e. The molecular weight excluding hydrogens is 407 g/mol. The third kappa shape index (κ3) is 20.9. The molecule has 0 radical (unpaired) electrons. The number of esters is 1. The summed E-state index contributed by atoms with van der Waals surface area (Å²) in [6, 6.07) is 0. The predicted molar refractivity (Wildman–Crippen MR) is 109 cm³/mol. The quantitative estimate of drug-likeness (QED) is 0.149. The van der Waals surface area contributed by atoms with E-state index in [2.05, 4.69) is 18.0 Å². The summed E-state index contributed by atoms with van der Waals surface area (Å²) in [5, 5.41) is 0. The van der Waals surface area contributed by atoms with Crippen molar-refractivity contribution in [3.8, 4) is 0 Å². The summed E-state index contributed by atoms with van der Waals surface area (Å²) >= 11 is 0. The Hall–Kier alpha value is -0.150. The summed E-state index contributed by atoms with van der Waals surface area (Å²) in [7, 11) is -4.88. The van der Waals surface area contributed by atoms with Crippen molar-refractivity contribution in [1.29, 1.82) is 0 Å². The van der Waals surface area contributed by atoms with Gasteiger partial charge >= 0.3 is 51.9 Å². The second-order valence-electron chi connectivity index (χ2n) is 7.28. The van der Waals surface area contributed by atoms with Crippen molar-refractivity contribution in [1.82, 2.24) is 0 Å². The zero-order valence-corrected chi connectivity index (χ0v) is 21.3. The van der Waals surface area contributed by atoms with Crippen LogP contribution in [0.25, 0.3) is 0 Å². The first-order valence-electron chi connectivity index (χ1n) is 10.7. The molecule has 0 heterocycles. The maximum atomic E-state index is 12.0. The fourth-order valence-electron chi connectivity index (χ4n) is 2.97. The third-order valence-corrected chi connectivity index (χ3v) is 4.98. The van der Waals surface area contributed by atoms with Crippen LogP contribution < -0.4 is 29.6 Å². The number of ether oxygens (including phenoxy) is 1. The van der Waals surface area contributed by atoms with Gasteiger partial charge in [0.15, 0.2) is 0 Å². The molecule has 0 aromatic carbocycles. The van der Waals surface area contributed by atoms with E-state index in [0.717, 1.165) is 51.4 Å². The Kier molecular flexibility index (Phi) is 21.2. The van der Waals surface area contributed by atoms with Gasteiger partial charge in [0, 0.05) is 0 Å². The Labute approximate surface area is 200 Å². The van der Waals surface area contributed by atoms with Gasteiger partial charge in [-0.1, -0.05) is 84.5 Å². The Morgan fingerprint density at radius 1 is 0.862 bits per heavy atom. The Morgan fingerprint density at radius 3 is 1.86 bits per heavy atom. The first-order valence-corrected chi connectivity index (χ1v) is 12.0. The number of hydrogen-bond donors (Lipinski definition) is 1. The molecule has 1 unspecified atom stereocenters. The van der Waals surface area contributed by atoms with Gasteiger partial charge in [-0.25, -0.2) is 0 Å². The number of carbonyl (C=O) groups is 2. The molecule has 0 bridgehead atoms. The second kappa shape index (κ2) is 19.8. The van der Waals surface area contributed by atoms with E-state index in [1.807, 2.05) is 0 Å². The molecule has 1 atom stereocenters. The first-order chi connectivity index (χ1) is 13.3. The average Bonchev–Trinajstić information content (AvgIpc) is 2.61. The van der Waals surface area contributed by atoms with Gasteiger partial charge in [0.05, 0.1) is 18.9 Å². The van der Waals surface area contributed by atoms with E-state index in [4.69, 9.17) is 9.29 Å². The number of unbranched alkanes of at least 4 members (excludes halogenated alkanes) is 10. The normalized spacial score (nSPS) is 12.1. The van der Waals surface area contributed by atoms with Crippen LogP contribution in [0.2, 0.25) is 0 Å². The van der Waals surface area contributed by atoms with Gasteiger partial charge in [0.1, 0.15) is 0 Å². The van der Waals surface area contributed by atoms with E-state index in [-0.39, 0.29) is 37.4 Å². The molecule has 0 aromatic heterocycles. The molecule has 168 valence electrons. The van der Waals surface area contributed by atoms with E-state index >= 15 is 0 Å². The molecule has 0 saturated heterocycles. The van der Waals surface area contributed by atoms with Gasteiger partial charge in [0.2, 0.25) is 0 Å². The standard InChI is InChI=1S/C20H38O7S.Na.H/c1-3-5-7-9-11-13-15-18(20(22)27-28(23,24)25)17-19(21)26-16-14-12-10-8-6-4-2;;/h18H,3-17H2,1-2H3,(H,23,24,25);;/q;+1;-1. The Balaban J connectivity index is -0.00000364. The van der Waals surface area contributed by atoms with Gasteiger partial charge in [-0.15, -0.1) is 0 Å². The van der Waals surface area contributed by atoms with Crippen LogP contribution in [0.1, 0.15) is 105 Å². The molecule has 1 N–H and O–H groups in total.